The van der Waals surface area contributed by atoms with Gasteiger partial charge in [0.05, 0.1) is 12.3 Å². The van der Waals surface area contributed by atoms with Crippen LogP contribution >= 0.6 is 0 Å². The van der Waals surface area contributed by atoms with Crippen LogP contribution in [0.15, 0.2) is 24.3 Å². The van der Waals surface area contributed by atoms with Crippen molar-refractivity contribution in [2.24, 2.45) is 0 Å². The van der Waals surface area contributed by atoms with E-state index in [1.54, 1.807) is 0 Å². The van der Waals surface area contributed by atoms with Crippen LogP contribution in [0.2, 0.25) is 0 Å². The molecule has 16 heavy (non-hydrogen) atoms. The minimum Gasteiger partial charge on any atom is -0.492 e. The predicted molar refractivity (Wildman–Crippen MR) is 62.9 cm³/mol. The zero-order valence-corrected chi connectivity index (χ0v) is 9.56. The molecule has 1 rings (SSSR count). The number of para-hydroxylation sites is 2. The number of anilines is 1. The summed E-state index contributed by atoms with van der Waals surface area (Å²) in [6.07, 6.45) is 0.524. The molecule has 88 valence electrons. The monoisotopic (exact) mass is 223 g/mol. The van der Waals surface area contributed by atoms with Crippen molar-refractivity contribution in [3.63, 3.8) is 0 Å². The third-order valence-electron chi connectivity index (χ3n) is 2.22. The molecule has 0 aliphatic rings. The van der Waals surface area contributed by atoms with E-state index in [0.29, 0.717) is 18.8 Å². The fourth-order valence-corrected chi connectivity index (χ4v) is 1.39. The second kappa shape index (κ2) is 6.00. The lowest BCUT2D eigenvalue weighted by molar-refractivity contribution is -0.137. The maximum absolute atomic E-state index is 10.9. The lowest BCUT2D eigenvalue weighted by Gasteiger charge is -2.16. The number of carboxylic acid groups (broad SMARTS) is 1. The number of benzene rings is 1. The van der Waals surface area contributed by atoms with Gasteiger partial charge in [0.2, 0.25) is 0 Å². The molecule has 1 aromatic rings. The first-order valence-corrected chi connectivity index (χ1v) is 5.40. The topological polar surface area (TPSA) is 58.6 Å². The molecule has 0 spiro atoms. The summed E-state index contributed by atoms with van der Waals surface area (Å²) in [6.45, 7) is 4.28. The van der Waals surface area contributed by atoms with Crippen molar-refractivity contribution in [3.8, 4) is 5.75 Å². The first kappa shape index (κ1) is 12.4. The zero-order chi connectivity index (χ0) is 12.0. The van der Waals surface area contributed by atoms with Crippen LogP contribution < -0.4 is 10.1 Å². The molecule has 0 aromatic heterocycles. The van der Waals surface area contributed by atoms with Gasteiger partial charge < -0.3 is 15.2 Å². The van der Waals surface area contributed by atoms with Crippen molar-refractivity contribution in [2.75, 3.05) is 11.9 Å². The number of ether oxygens (including phenoxy) is 1. The van der Waals surface area contributed by atoms with E-state index in [-0.39, 0.29) is 0 Å². The maximum atomic E-state index is 10.9. The van der Waals surface area contributed by atoms with Gasteiger partial charge in [0.25, 0.3) is 0 Å². The smallest absolute Gasteiger partial charge is 0.326 e. The third kappa shape index (κ3) is 3.15. The average molecular weight is 223 g/mol. The van der Waals surface area contributed by atoms with Crippen LogP contribution in [0.5, 0.6) is 5.75 Å². The van der Waals surface area contributed by atoms with E-state index in [2.05, 4.69) is 5.32 Å². The Balaban J connectivity index is 2.82. The van der Waals surface area contributed by atoms with Crippen LogP contribution in [0.25, 0.3) is 0 Å². The Morgan fingerprint density at radius 3 is 2.69 bits per heavy atom. The quantitative estimate of drug-likeness (QED) is 0.777. The Hall–Kier alpha value is -1.71. The molecule has 0 radical (unpaired) electrons. The van der Waals surface area contributed by atoms with E-state index in [1.165, 1.54) is 0 Å². The van der Waals surface area contributed by atoms with E-state index in [4.69, 9.17) is 9.84 Å². The molecule has 0 aliphatic carbocycles. The molecular formula is C12H17NO3. The molecule has 0 saturated heterocycles. The summed E-state index contributed by atoms with van der Waals surface area (Å²) in [5.74, 6) is -0.168. The summed E-state index contributed by atoms with van der Waals surface area (Å²) in [6, 6.07) is 6.76. The molecule has 0 saturated carbocycles. The van der Waals surface area contributed by atoms with Crippen LogP contribution in [0, 0.1) is 0 Å². The predicted octanol–water partition coefficient (Wildman–Crippen LogP) is 2.36. The molecule has 2 N–H and O–H groups in total. The highest BCUT2D eigenvalue weighted by Gasteiger charge is 2.15. The highest BCUT2D eigenvalue weighted by Crippen LogP contribution is 2.24. The Morgan fingerprint density at radius 2 is 2.12 bits per heavy atom. The van der Waals surface area contributed by atoms with Gasteiger partial charge >= 0.3 is 5.97 Å². The van der Waals surface area contributed by atoms with Crippen molar-refractivity contribution in [1.82, 2.24) is 0 Å². The second-order valence-corrected chi connectivity index (χ2v) is 3.37. The van der Waals surface area contributed by atoms with Crippen LogP contribution in [0.3, 0.4) is 0 Å². The Bertz CT molecular complexity index is 352. The molecule has 1 atom stereocenters. The van der Waals surface area contributed by atoms with Gasteiger partial charge in [0, 0.05) is 0 Å². The summed E-state index contributed by atoms with van der Waals surface area (Å²) >= 11 is 0. The molecular weight excluding hydrogens is 206 g/mol. The minimum atomic E-state index is -0.853. The fourth-order valence-electron chi connectivity index (χ4n) is 1.39. The standard InChI is InChI=1S/C12H17NO3/c1-3-9(12(14)15)13-10-7-5-6-8-11(10)16-4-2/h5-9,13H,3-4H2,1-2H3,(H,14,15)/t9-/m0/s1. The van der Waals surface area contributed by atoms with Crippen molar-refractivity contribution in [3.05, 3.63) is 24.3 Å². The lowest BCUT2D eigenvalue weighted by Crippen LogP contribution is -2.28. The van der Waals surface area contributed by atoms with Gasteiger partial charge in [-0.05, 0) is 25.5 Å². The van der Waals surface area contributed by atoms with E-state index >= 15 is 0 Å². The summed E-state index contributed by atoms with van der Waals surface area (Å²) < 4.78 is 5.41. The van der Waals surface area contributed by atoms with Crippen LogP contribution in [0.1, 0.15) is 20.3 Å². The molecule has 0 aliphatic heterocycles. The third-order valence-corrected chi connectivity index (χ3v) is 2.22. The molecule has 0 fully saturated rings. The molecule has 4 heteroatoms. The molecule has 0 heterocycles. The number of rotatable bonds is 6. The number of nitrogens with one attached hydrogen (secondary N) is 1. The number of hydrogen-bond donors (Lipinski definition) is 2. The average Bonchev–Trinajstić information content (AvgIpc) is 2.27. The number of hydrogen-bond acceptors (Lipinski definition) is 3. The Labute approximate surface area is 95.2 Å². The van der Waals surface area contributed by atoms with Crippen molar-refractivity contribution in [2.45, 2.75) is 26.3 Å². The number of aliphatic carboxylic acids is 1. The highest BCUT2D eigenvalue weighted by molar-refractivity contribution is 5.78. The molecule has 4 nitrogen and oxygen atoms in total. The van der Waals surface area contributed by atoms with E-state index < -0.39 is 12.0 Å². The van der Waals surface area contributed by atoms with E-state index in [1.807, 2.05) is 38.1 Å². The van der Waals surface area contributed by atoms with E-state index in [0.717, 1.165) is 5.69 Å². The van der Waals surface area contributed by atoms with Crippen LogP contribution in [-0.2, 0) is 4.79 Å². The maximum Gasteiger partial charge on any atom is 0.326 e. The number of carbonyl (C=O) groups is 1. The van der Waals surface area contributed by atoms with Gasteiger partial charge in [-0.1, -0.05) is 19.1 Å². The first-order valence-electron chi connectivity index (χ1n) is 5.40. The van der Waals surface area contributed by atoms with Crippen LogP contribution in [-0.4, -0.2) is 23.7 Å². The summed E-state index contributed by atoms with van der Waals surface area (Å²) in [5, 5.41) is 11.9. The second-order valence-electron chi connectivity index (χ2n) is 3.37. The summed E-state index contributed by atoms with van der Waals surface area (Å²) in [4.78, 5) is 10.9. The minimum absolute atomic E-state index is 0.524. The van der Waals surface area contributed by atoms with Gasteiger partial charge in [-0.3, -0.25) is 0 Å². The van der Waals surface area contributed by atoms with Gasteiger partial charge in [0.1, 0.15) is 11.8 Å². The molecule has 1 aromatic carbocycles. The highest BCUT2D eigenvalue weighted by atomic mass is 16.5. The fraction of sp³-hybridized carbons (Fsp3) is 0.417. The van der Waals surface area contributed by atoms with Crippen molar-refractivity contribution in [1.29, 1.82) is 0 Å². The van der Waals surface area contributed by atoms with E-state index in [9.17, 15) is 4.79 Å². The molecule has 0 unspecified atom stereocenters. The van der Waals surface area contributed by atoms with Gasteiger partial charge in [-0.25, -0.2) is 4.79 Å². The van der Waals surface area contributed by atoms with Crippen molar-refractivity contribution >= 4 is 11.7 Å². The Kier molecular flexibility index (Phi) is 4.64. The SMILES string of the molecule is CCOc1ccccc1N[C@@H](CC)C(=O)O. The Morgan fingerprint density at radius 1 is 1.44 bits per heavy atom. The van der Waals surface area contributed by atoms with Gasteiger partial charge in [-0.15, -0.1) is 0 Å². The molecule has 0 amide bonds. The summed E-state index contributed by atoms with van der Waals surface area (Å²) in [5.41, 5.74) is 0.721. The first-order chi connectivity index (χ1) is 7.69. The normalized spacial score (nSPS) is 11.9. The summed E-state index contributed by atoms with van der Waals surface area (Å²) in [7, 11) is 0. The van der Waals surface area contributed by atoms with Crippen molar-refractivity contribution < 1.29 is 14.6 Å². The largest absolute Gasteiger partial charge is 0.492 e. The number of carboxylic acids is 1. The zero-order valence-electron chi connectivity index (χ0n) is 9.56. The van der Waals surface area contributed by atoms with Gasteiger partial charge in [-0.2, -0.15) is 0 Å². The molecule has 0 bridgehead atoms. The van der Waals surface area contributed by atoms with Gasteiger partial charge in [0.15, 0.2) is 0 Å². The lowest BCUT2D eigenvalue weighted by atomic mass is 10.2. The van der Waals surface area contributed by atoms with Crippen LogP contribution in [0.4, 0.5) is 5.69 Å².